The maximum atomic E-state index is 8.68. The predicted octanol–water partition coefficient (Wildman–Crippen LogP) is 1.75. The van der Waals surface area contributed by atoms with Gasteiger partial charge in [0.2, 0.25) is 0 Å². The Bertz CT molecular complexity index is 177. The summed E-state index contributed by atoms with van der Waals surface area (Å²) in [4.78, 5) is 8.68. The summed E-state index contributed by atoms with van der Waals surface area (Å²) in [5.74, 6) is 0. The molecule has 1 aromatic carbocycles. The minimum absolute atomic E-state index is 0. The molecule has 0 aliphatic rings. The number of hydrogen-bond donors (Lipinski definition) is 0. The molecule has 0 amide bonds. The Morgan fingerprint density at radius 2 is 1.58 bits per heavy atom. The van der Waals surface area contributed by atoms with Gasteiger partial charge >= 0.3 is 21.1 Å². The first-order chi connectivity index (χ1) is 4.81. The molecule has 3 heteroatoms. The molecule has 0 fully saturated rings. The fraction of sp³-hybridized carbons (Fsp3) is 0.111. The normalized spacial score (nSPS) is 6.17. The Morgan fingerprint density at radius 1 is 1.25 bits per heavy atom. The molecule has 12 heavy (non-hydrogen) atoms. The van der Waals surface area contributed by atoms with Crippen molar-refractivity contribution in [2.75, 3.05) is 0 Å². The van der Waals surface area contributed by atoms with Crippen LogP contribution in [0.2, 0.25) is 0 Å². The van der Waals surface area contributed by atoms with Gasteiger partial charge in [0.1, 0.15) is 0 Å². The van der Waals surface area contributed by atoms with Gasteiger partial charge < -0.3 is 12.2 Å². The van der Waals surface area contributed by atoms with Gasteiger partial charge in [0.25, 0.3) is 0 Å². The number of hydrogen-bond acceptors (Lipinski definition) is 1. The molecule has 0 saturated heterocycles. The molecule has 0 N–H and O–H groups in total. The molecule has 0 aromatic heterocycles. The maximum absolute atomic E-state index is 8.68. The summed E-state index contributed by atoms with van der Waals surface area (Å²) < 4.78 is 0. The summed E-state index contributed by atoms with van der Waals surface area (Å²) in [6.45, 7) is 1.32. The molecule has 0 bridgehead atoms. The second-order valence-corrected chi connectivity index (χ2v) is 2.28. The van der Waals surface area contributed by atoms with Crippen molar-refractivity contribution in [1.29, 1.82) is 0 Å². The Kier molecular flexibility index (Phi) is 20.3. The summed E-state index contributed by atoms with van der Waals surface area (Å²) >= 11 is 0. The van der Waals surface area contributed by atoms with Gasteiger partial charge in [-0.15, -0.1) is 9.24 Å². The molecule has 66 valence electrons. The van der Waals surface area contributed by atoms with E-state index in [2.05, 4.69) is 9.24 Å². The van der Waals surface area contributed by atoms with Crippen LogP contribution in [0.25, 0.3) is 0 Å². The SMILES string of the molecule is C[C-]=O.Pc1ccccc1.[CH3-].[W+2]. The van der Waals surface area contributed by atoms with E-state index >= 15 is 0 Å². The third kappa shape index (κ3) is 12.7. The van der Waals surface area contributed by atoms with Crippen molar-refractivity contribution < 1.29 is 25.9 Å². The summed E-state index contributed by atoms with van der Waals surface area (Å²) in [6, 6.07) is 10.1. The molecule has 0 spiro atoms. The average molecular weight is 352 g/mol. The van der Waals surface area contributed by atoms with Gasteiger partial charge in [-0.1, -0.05) is 30.3 Å². The van der Waals surface area contributed by atoms with Crippen LogP contribution >= 0.6 is 9.24 Å². The van der Waals surface area contributed by atoms with Crippen molar-refractivity contribution in [2.45, 2.75) is 6.92 Å². The van der Waals surface area contributed by atoms with E-state index in [0.29, 0.717) is 0 Å². The summed E-state index contributed by atoms with van der Waals surface area (Å²) in [7, 11) is 2.63. The molecule has 0 heterocycles. The number of carbonyl (C=O) groups excluding carboxylic acids is 1. The predicted molar refractivity (Wildman–Crippen MR) is 53.6 cm³/mol. The zero-order valence-corrected chi connectivity index (χ0v) is 11.4. The molecule has 1 unspecified atom stereocenters. The molecule has 1 nitrogen and oxygen atoms in total. The van der Waals surface area contributed by atoms with Crippen LogP contribution in [0.4, 0.5) is 0 Å². The van der Waals surface area contributed by atoms with E-state index in [4.69, 9.17) is 4.79 Å². The minimum atomic E-state index is 0. The largest absolute Gasteiger partial charge is 2.00 e. The molecule has 0 saturated carbocycles. The molecule has 0 aliphatic heterocycles. The van der Waals surface area contributed by atoms with Crippen LogP contribution < -0.4 is 5.30 Å². The van der Waals surface area contributed by atoms with Crippen molar-refractivity contribution in [1.82, 2.24) is 0 Å². The smallest absolute Gasteiger partial charge is 0.542 e. The molecule has 1 aromatic rings. The van der Waals surface area contributed by atoms with Crippen LogP contribution in [0, 0.1) is 7.43 Å². The molecular weight excluding hydrogens is 339 g/mol. The molecular formula is C9H13OPW. The van der Waals surface area contributed by atoms with Crippen LogP contribution in [0.1, 0.15) is 6.92 Å². The van der Waals surface area contributed by atoms with Gasteiger partial charge in [-0.25, -0.2) is 0 Å². The van der Waals surface area contributed by atoms with Crippen LogP contribution in [0.3, 0.4) is 0 Å². The first kappa shape index (κ1) is 17.9. The van der Waals surface area contributed by atoms with Gasteiger partial charge in [0, 0.05) is 0 Å². The van der Waals surface area contributed by atoms with Gasteiger partial charge in [0.15, 0.2) is 0 Å². The average Bonchev–Trinajstić information content (AvgIpc) is 1.91. The van der Waals surface area contributed by atoms with E-state index < -0.39 is 0 Å². The first-order valence-corrected chi connectivity index (χ1v) is 3.48. The third-order valence-corrected chi connectivity index (χ3v) is 1.18. The Morgan fingerprint density at radius 3 is 1.75 bits per heavy atom. The van der Waals surface area contributed by atoms with Gasteiger partial charge in [0.05, 0.1) is 0 Å². The summed E-state index contributed by atoms with van der Waals surface area (Å²) in [5.41, 5.74) is 0. The fourth-order valence-electron chi connectivity index (χ4n) is 0.453. The quantitative estimate of drug-likeness (QED) is 0.514. The van der Waals surface area contributed by atoms with Crippen LogP contribution in [0.15, 0.2) is 30.3 Å². The number of rotatable bonds is 0. The van der Waals surface area contributed by atoms with Crippen molar-refractivity contribution in [3.8, 4) is 0 Å². The van der Waals surface area contributed by atoms with Crippen molar-refractivity contribution in [3.63, 3.8) is 0 Å². The van der Waals surface area contributed by atoms with E-state index in [1.165, 1.54) is 18.5 Å². The molecule has 0 aliphatic carbocycles. The standard InChI is InChI=1S/C6H7P.C2H3O.CH3.W/c7-6-4-2-1-3-5-6;1-2-3;;/h1-5H,7H2;1H3;1H3;/q;2*-1;+2. The molecule has 1 atom stereocenters. The topological polar surface area (TPSA) is 17.1 Å². The zero-order chi connectivity index (χ0) is 7.82. The molecule has 1 rings (SSSR count). The third-order valence-electron chi connectivity index (χ3n) is 0.800. The van der Waals surface area contributed by atoms with Crippen molar-refractivity contribution in [2.24, 2.45) is 0 Å². The van der Waals surface area contributed by atoms with E-state index in [1.54, 1.807) is 0 Å². The van der Waals surface area contributed by atoms with E-state index in [0.717, 1.165) is 0 Å². The zero-order valence-electron chi connectivity index (χ0n) is 7.28. The van der Waals surface area contributed by atoms with Crippen LogP contribution in [-0.2, 0) is 25.9 Å². The maximum Gasteiger partial charge on any atom is 2.00 e. The Hall–Kier alpha value is 0.00831. The Labute approximate surface area is 91.4 Å². The fourth-order valence-corrected chi connectivity index (χ4v) is 0.675. The molecule has 0 radical (unpaired) electrons. The monoisotopic (exact) mass is 352 g/mol. The second kappa shape index (κ2) is 13.6. The summed E-state index contributed by atoms with van der Waals surface area (Å²) in [5, 5.41) is 1.24. The van der Waals surface area contributed by atoms with Crippen LogP contribution in [-0.4, -0.2) is 6.29 Å². The second-order valence-electron chi connectivity index (χ2n) is 1.61. The van der Waals surface area contributed by atoms with E-state index in [1.807, 2.05) is 30.3 Å². The minimum Gasteiger partial charge on any atom is -0.542 e. The summed E-state index contributed by atoms with van der Waals surface area (Å²) in [6.07, 6.45) is 1.50. The Balaban J connectivity index is -0.000000146. The van der Waals surface area contributed by atoms with Gasteiger partial charge in [-0.05, 0) is 5.30 Å². The van der Waals surface area contributed by atoms with Crippen molar-refractivity contribution in [3.05, 3.63) is 37.8 Å². The first-order valence-electron chi connectivity index (χ1n) is 2.90. The number of benzene rings is 1. The van der Waals surface area contributed by atoms with E-state index in [-0.39, 0.29) is 28.5 Å². The van der Waals surface area contributed by atoms with Gasteiger partial charge in [-0.3, -0.25) is 6.29 Å². The van der Waals surface area contributed by atoms with Gasteiger partial charge in [-0.2, -0.15) is 6.92 Å². The van der Waals surface area contributed by atoms with Crippen LogP contribution in [0.5, 0.6) is 0 Å². The van der Waals surface area contributed by atoms with Crippen molar-refractivity contribution >= 4 is 20.8 Å². The van der Waals surface area contributed by atoms with E-state index in [9.17, 15) is 0 Å².